The molecule has 0 atom stereocenters. The molecule has 2 rings (SSSR count). The molecule has 0 bridgehead atoms. The minimum Gasteiger partial charge on any atom is -0.493 e. The van der Waals surface area contributed by atoms with Gasteiger partial charge in [-0.15, -0.1) is 0 Å². The number of sulfonamides is 1. The van der Waals surface area contributed by atoms with Gasteiger partial charge in [0.25, 0.3) is 10.0 Å². The zero-order valence-electron chi connectivity index (χ0n) is 13.1. The van der Waals surface area contributed by atoms with Gasteiger partial charge in [0.2, 0.25) is 0 Å². The van der Waals surface area contributed by atoms with Crippen LogP contribution in [0.15, 0.2) is 52.5 Å². The Morgan fingerprint density at radius 2 is 1.74 bits per heavy atom. The number of para-hydroxylation sites is 1. The van der Waals surface area contributed by atoms with E-state index >= 15 is 0 Å². The van der Waals surface area contributed by atoms with Crippen molar-refractivity contribution in [1.29, 1.82) is 0 Å². The number of hydrogen-bond donors (Lipinski definition) is 1. The number of benzene rings is 2. The predicted octanol–water partition coefficient (Wildman–Crippen LogP) is 2.32. The molecule has 6 nitrogen and oxygen atoms in total. The molecule has 23 heavy (non-hydrogen) atoms. The molecule has 0 aliphatic heterocycles. The summed E-state index contributed by atoms with van der Waals surface area (Å²) in [5.74, 6) is 1.02. The molecule has 7 heteroatoms. The van der Waals surface area contributed by atoms with E-state index in [0.29, 0.717) is 17.1 Å². The number of ether oxygens (including phenoxy) is 2. The molecule has 2 aromatic rings. The van der Waals surface area contributed by atoms with Crippen molar-refractivity contribution in [2.75, 3.05) is 14.2 Å². The van der Waals surface area contributed by atoms with Gasteiger partial charge in [0.05, 0.1) is 25.3 Å². The fourth-order valence-electron chi connectivity index (χ4n) is 1.95. The topological polar surface area (TPSA) is 77.0 Å². The summed E-state index contributed by atoms with van der Waals surface area (Å²) in [7, 11) is -0.670. The van der Waals surface area contributed by atoms with Gasteiger partial charge in [-0.1, -0.05) is 23.8 Å². The summed E-state index contributed by atoms with van der Waals surface area (Å²) in [6.07, 6.45) is 1.37. The Morgan fingerprint density at radius 1 is 1.04 bits per heavy atom. The number of aryl methyl sites for hydroxylation is 1. The van der Waals surface area contributed by atoms with Gasteiger partial charge in [0.15, 0.2) is 11.5 Å². The van der Waals surface area contributed by atoms with E-state index in [1.54, 1.807) is 30.3 Å². The Balaban J connectivity index is 2.20. The summed E-state index contributed by atoms with van der Waals surface area (Å²) in [5, 5.41) is 3.80. The maximum atomic E-state index is 12.1. The first-order valence-electron chi connectivity index (χ1n) is 6.80. The SMILES string of the molecule is COc1cccc(C=NNS(=O)(=O)c2ccc(C)cc2)c1OC. The van der Waals surface area contributed by atoms with Crippen LogP contribution in [0.25, 0.3) is 0 Å². The lowest BCUT2D eigenvalue weighted by Gasteiger charge is -2.09. The van der Waals surface area contributed by atoms with Gasteiger partial charge in [0.1, 0.15) is 0 Å². The summed E-state index contributed by atoms with van der Waals surface area (Å²) >= 11 is 0. The van der Waals surface area contributed by atoms with E-state index in [1.807, 2.05) is 6.92 Å². The van der Waals surface area contributed by atoms with E-state index in [-0.39, 0.29) is 4.90 Å². The van der Waals surface area contributed by atoms with Crippen LogP contribution in [0.3, 0.4) is 0 Å². The lowest BCUT2D eigenvalue weighted by molar-refractivity contribution is 0.354. The smallest absolute Gasteiger partial charge is 0.276 e. The summed E-state index contributed by atoms with van der Waals surface area (Å²) in [6.45, 7) is 1.89. The molecular weight excluding hydrogens is 316 g/mol. The molecule has 1 N–H and O–H groups in total. The quantitative estimate of drug-likeness (QED) is 0.650. The van der Waals surface area contributed by atoms with E-state index in [2.05, 4.69) is 9.93 Å². The van der Waals surface area contributed by atoms with Crippen LogP contribution in [-0.4, -0.2) is 28.9 Å². The fourth-order valence-corrected chi connectivity index (χ4v) is 2.74. The van der Waals surface area contributed by atoms with E-state index in [4.69, 9.17) is 9.47 Å². The number of hydrazone groups is 1. The third kappa shape index (κ3) is 4.01. The van der Waals surface area contributed by atoms with Gasteiger partial charge in [-0.3, -0.25) is 0 Å². The minimum atomic E-state index is -3.70. The molecule has 0 spiro atoms. The average molecular weight is 334 g/mol. The van der Waals surface area contributed by atoms with E-state index < -0.39 is 10.0 Å². The second-order valence-corrected chi connectivity index (χ2v) is 6.41. The van der Waals surface area contributed by atoms with Crippen LogP contribution in [0.2, 0.25) is 0 Å². The third-order valence-corrected chi connectivity index (χ3v) is 4.38. The molecule has 122 valence electrons. The molecule has 0 saturated carbocycles. The van der Waals surface area contributed by atoms with Crippen LogP contribution in [0.1, 0.15) is 11.1 Å². The number of nitrogens with one attached hydrogen (secondary N) is 1. The van der Waals surface area contributed by atoms with Crippen molar-refractivity contribution in [3.8, 4) is 11.5 Å². The van der Waals surface area contributed by atoms with Crippen molar-refractivity contribution in [1.82, 2.24) is 4.83 Å². The lowest BCUT2D eigenvalue weighted by Crippen LogP contribution is -2.18. The van der Waals surface area contributed by atoms with Gasteiger partial charge in [-0.2, -0.15) is 13.5 Å². The van der Waals surface area contributed by atoms with Crippen LogP contribution in [-0.2, 0) is 10.0 Å². The number of rotatable bonds is 6. The van der Waals surface area contributed by atoms with E-state index in [0.717, 1.165) is 5.56 Å². The van der Waals surface area contributed by atoms with Crippen LogP contribution < -0.4 is 14.3 Å². The summed E-state index contributed by atoms with van der Waals surface area (Å²) in [6, 6.07) is 11.8. The Bertz CT molecular complexity index is 799. The summed E-state index contributed by atoms with van der Waals surface area (Å²) in [4.78, 5) is 2.33. The first-order chi connectivity index (χ1) is 11.0. The molecule has 0 aliphatic rings. The molecule has 0 radical (unpaired) electrons. The molecular formula is C16H18N2O4S. The maximum Gasteiger partial charge on any atom is 0.276 e. The van der Waals surface area contributed by atoms with Crippen LogP contribution in [0, 0.1) is 6.92 Å². The molecule has 0 amide bonds. The zero-order valence-corrected chi connectivity index (χ0v) is 13.9. The highest BCUT2D eigenvalue weighted by Gasteiger charge is 2.12. The first kappa shape index (κ1) is 16.8. The highest BCUT2D eigenvalue weighted by molar-refractivity contribution is 7.89. The zero-order chi connectivity index (χ0) is 16.9. The highest BCUT2D eigenvalue weighted by Crippen LogP contribution is 2.29. The molecule has 0 aromatic heterocycles. The van der Waals surface area contributed by atoms with E-state index in [1.165, 1.54) is 32.6 Å². The van der Waals surface area contributed by atoms with Gasteiger partial charge in [0, 0.05) is 5.56 Å². The largest absolute Gasteiger partial charge is 0.493 e. The van der Waals surface area contributed by atoms with Gasteiger partial charge in [-0.05, 0) is 31.2 Å². The molecule has 0 unspecified atom stereocenters. The Morgan fingerprint density at radius 3 is 2.35 bits per heavy atom. The Hall–Kier alpha value is -2.54. The normalized spacial score (nSPS) is 11.4. The molecule has 0 heterocycles. The second kappa shape index (κ2) is 7.15. The molecule has 0 saturated heterocycles. The summed E-state index contributed by atoms with van der Waals surface area (Å²) < 4.78 is 34.7. The van der Waals surface area contributed by atoms with Crippen molar-refractivity contribution in [2.45, 2.75) is 11.8 Å². The monoisotopic (exact) mass is 334 g/mol. The Labute approximate surface area is 135 Å². The van der Waals surface area contributed by atoms with Crippen LogP contribution in [0.4, 0.5) is 0 Å². The van der Waals surface area contributed by atoms with Crippen molar-refractivity contribution < 1.29 is 17.9 Å². The van der Waals surface area contributed by atoms with Crippen molar-refractivity contribution in [2.24, 2.45) is 5.10 Å². The lowest BCUT2D eigenvalue weighted by atomic mass is 10.2. The predicted molar refractivity (Wildman–Crippen MR) is 88.6 cm³/mol. The van der Waals surface area contributed by atoms with Crippen molar-refractivity contribution in [3.05, 3.63) is 53.6 Å². The van der Waals surface area contributed by atoms with Gasteiger partial charge >= 0.3 is 0 Å². The second-order valence-electron chi connectivity index (χ2n) is 4.75. The van der Waals surface area contributed by atoms with Crippen molar-refractivity contribution >= 4 is 16.2 Å². The number of methoxy groups -OCH3 is 2. The van der Waals surface area contributed by atoms with E-state index in [9.17, 15) is 8.42 Å². The van der Waals surface area contributed by atoms with Gasteiger partial charge in [-0.25, -0.2) is 4.83 Å². The molecule has 2 aromatic carbocycles. The molecule has 0 aliphatic carbocycles. The maximum absolute atomic E-state index is 12.1. The Kier molecular flexibility index (Phi) is 5.23. The standard InChI is InChI=1S/C16H18N2O4S/c1-12-7-9-14(10-8-12)23(19,20)18-17-11-13-5-4-6-15(21-2)16(13)22-3/h4-11,18H,1-3H3. The average Bonchev–Trinajstić information content (AvgIpc) is 2.54. The number of hydrogen-bond acceptors (Lipinski definition) is 5. The highest BCUT2D eigenvalue weighted by atomic mass is 32.2. The fraction of sp³-hybridized carbons (Fsp3) is 0.188. The first-order valence-corrected chi connectivity index (χ1v) is 8.29. The van der Waals surface area contributed by atoms with Crippen LogP contribution >= 0.6 is 0 Å². The number of nitrogens with zero attached hydrogens (tertiary/aromatic N) is 1. The minimum absolute atomic E-state index is 0.151. The van der Waals surface area contributed by atoms with Gasteiger partial charge < -0.3 is 9.47 Å². The van der Waals surface area contributed by atoms with Crippen molar-refractivity contribution in [3.63, 3.8) is 0 Å². The summed E-state index contributed by atoms with van der Waals surface area (Å²) in [5.41, 5.74) is 1.58. The third-order valence-electron chi connectivity index (χ3n) is 3.14. The molecule has 0 fully saturated rings. The van der Waals surface area contributed by atoms with Crippen LogP contribution in [0.5, 0.6) is 11.5 Å².